The summed E-state index contributed by atoms with van der Waals surface area (Å²) in [6.45, 7) is 1.81. The van der Waals surface area contributed by atoms with E-state index in [1.165, 1.54) is 18.1 Å². The molecule has 1 aromatic heterocycles. The predicted octanol–water partition coefficient (Wildman–Crippen LogP) is 3.62. The van der Waals surface area contributed by atoms with Gasteiger partial charge >= 0.3 is 17.7 Å². The van der Waals surface area contributed by atoms with E-state index < -0.39 is 17.7 Å². The van der Waals surface area contributed by atoms with Gasteiger partial charge in [0.15, 0.2) is 0 Å². The van der Waals surface area contributed by atoms with Gasteiger partial charge < -0.3 is 18.8 Å². The summed E-state index contributed by atoms with van der Waals surface area (Å²) in [6, 6.07) is 11.4. The highest BCUT2D eigenvalue weighted by molar-refractivity contribution is 5.91. The van der Waals surface area contributed by atoms with E-state index in [0.29, 0.717) is 22.3 Å². The SMILES string of the molecule is COC(=O)c1ccc(-c2c(C)c3ccc(OC(=O)N(C)C)cc3oc2=O)cc1. The Morgan fingerprint density at radius 1 is 1.04 bits per heavy atom. The number of amides is 1. The second-order valence-electron chi connectivity index (χ2n) is 6.38. The first-order valence-electron chi connectivity index (χ1n) is 8.47. The lowest BCUT2D eigenvalue weighted by Gasteiger charge is -2.12. The van der Waals surface area contributed by atoms with Crippen molar-refractivity contribution in [3.05, 3.63) is 64.0 Å². The number of hydrogen-bond acceptors (Lipinski definition) is 6. The van der Waals surface area contributed by atoms with Crippen molar-refractivity contribution in [2.45, 2.75) is 6.92 Å². The van der Waals surface area contributed by atoms with E-state index in [-0.39, 0.29) is 5.75 Å². The van der Waals surface area contributed by atoms with Gasteiger partial charge in [-0.05, 0) is 42.3 Å². The smallest absolute Gasteiger partial charge is 0.414 e. The Hall–Kier alpha value is -3.61. The van der Waals surface area contributed by atoms with Crippen LogP contribution in [0.5, 0.6) is 5.75 Å². The van der Waals surface area contributed by atoms with Crippen molar-refractivity contribution < 1.29 is 23.5 Å². The third-order valence-corrected chi connectivity index (χ3v) is 4.30. The first-order chi connectivity index (χ1) is 13.3. The predicted molar refractivity (Wildman–Crippen MR) is 104 cm³/mol. The van der Waals surface area contributed by atoms with Crippen molar-refractivity contribution in [1.29, 1.82) is 0 Å². The summed E-state index contributed by atoms with van der Waals surface area (Å²) in [5.41, 5.74) is 1.95. The number of esters is 1. The van der Waals surface area contributed by atoms with E-state index in [4.69, 9.17) is 9.15 Å². The molecule has 0 bridgehead atoms. The van der Waals surface area contributed by atoms with Gasteiger partial charge in [-0.2, -0.15) is 0 Å². The number of rotatable bonds is 3. The fourth-order valence-corrected chi connectivity index (χ4v) is 2.82. The van der Waals surface area contributed by atoms with Gasteiger partial charge in [-0.1, -0.05) is 12.1 Å². The van der Waals surface area contributed by atoms with Crippen molar-refractivity contribution in [3.63, 3.8) is 0 Å². The maximum Gasteiger partial charge on any atom is 0.414 e. The molecular formula is C21H19NO6. The largest absolute Gasteiger partial charge is 0.465 e. The van der Waals surface area contributed by atoms with Crippen LogP contribution in [-0.4, -0.2) is 38.2 Å². The Morgan fingerprint density at radius 3 is 2.32 bits per heavy atom. The van der Waals surface area contributed by atoms with E-state index in [0.717, 1.165) is 10.9 Å². The molecule has 28 heavy (non-hydrogen) atoms. The Morgan fingerprint density at radius 2 is 1.71 bits per heavy atom. The second-order valence-corrected chi connectivity index (χ2v) is 6.38. The number of nitrogens with zero attached hydrogens (tertiary/aromatic N) is 1. The normalized spacial score (nSPS) is 10.6. The molecule has 0 N–H and O–H groups in total. The minimum absolute atomic E-state index is 0.281. The van der Waals surface area contributed by atoms with Crippen LogP contribution < -0.4 is 10.4 Å². The van der Waals surface area contributed by atoms with Crippen molar-refractivity contribution in [2.24, 2.45) is 0 Å². The highest BCUT2D eigenvalue weighted by Crippen LogP contribution is 2.29. The minimum atomic E-state index is -0.527. The lowest BCUT2D eigenvalue weighted by molar-refractivity contribution is 0.0600. The molecule has 0 radical (unpaired) electrons. The number of ether oxygens (including phenoxy) is 2. The number of aryl methyl sites for hydroxylation is 1. The minimum Gasteiger partial charge on any atom is -0.465 e. The zero-order chi connectivity index (χ0) is 20.4. The highest BCUT2D eigenvalue weighted by atomic mass is 16.6. The van der Waals surface area contributed by atoms with E-state index in [2.05, 4.69) is 4.74 Å². The topological polar surface area (TPSA) is 86.1 Å². The molecule has 0 saturated heterocycles. The molecule has 7 nitrogen and oxygen atoms in total. The van der Waals surface area contributed by atoms with Crippen LogP contribution in [0.25, 0.3) is 22.1 Å². The van der Waals surface area contributed by atoms with E-state index in [1.54, 1.807) is 50.5 Å². The van der Waals surface area contributed by atoms with Crippen LogP contribution in [0.15, 0.2) is 51.7 Å². The van der Waals surface area contributed by atoms with Crippen molar-refractivity contribution >= 4 is 23.0 Å². The summed E-state index contributed by atoms with van der Waals surface area (Å²) in [5, 5.41) is 0.719. The van der Waals surface area contributed by atoms with E-state index in [9.17, 15) is 14.4 Å². The summed E-state index contributed by atoms with van der Waals surface area (Å²) in [4.78, 5) is 37.2. The molecule has 0 aliphatic carbocycles. The molecule has 144 valence electrons. The molecule has 0 fully saturated rings. The number of carbonyl (C=O) groups is 2. The molecule has 0 atom stereocenters. The number of fused-ring (bicyclic) bond motifs is 1. The number of hydrogen-bond donors (Lipinski definition) is 0. The van der Waals surface area contributed by atoms with Crippen LogP contribution in [0, 0.1) is 6.92 Å². The van der Waals surface area contributed by atoms with Gasteiger partial charge in [0.05, 0.1) is 18.2 Å². The van der Waals surface area contributed by atoms with Crippen molar-refractivity contribution in [3.8, 4) is 16.9 Å². The van der Waals surface area contributed by atoms with Gasteiger partial charge in [0.25, 0.3) is 0 Å². The summed E-state index contributed by atoms with van der Waals surface area (Å²) in [6.07, 6.45) is -0.527. The molecule has 1 heterocycles. The zero-order valence-electron chi connectivity index (χ0n) is 15.9. The van der Waals surface area contributed by atoms with Crippen LogP contribution in [0.4, 0.5) is 4.79 Å². The first-order valence-corrected chi connectivity index (χ1v) is 8.47. The molecule has 2 aromatic carbocycles. The van der Waals surface area contributed by atoms with Gasteiger partial charge in [-0.3, -0.25) is 0 Å². The van der Waals surface area contributed by atoms with Gasteiger partial charge in [0.2, 0.25) is 0 Å². The maximum atomic E-state index is 12.6. The average Bonchev–Trinajstić information content (AvgIpc) is 2.67. The van der Waals surface area contributed by atoms with Crippen LogP contribution >= 0.6 is 0 Å². The van der Waals surface area contributed by atoms with E-state index >= 15 is 0 Å². The van der Waals surface area contributed by atoms with Gasteiger partial charge in [0, 0.05) is 25.5 Å². The van der Waals surface area contributed by atoms with Crippen LogP contribution in [-0.2, 0) is 4.74 Å². The Kier molecular flexibility index (Phi) is 5.17. The molecule has 0 unspecified atom stereocenters. The van der Waals surface area contributed by atoms with Crippen LogP contribution in [0.2, 0.25) is 0 Å². The van der Waals surface area contributed by atoms with Gasteiger partial charge in [-0.15, -0.1) is 0 Å². The van der Waals surface area contributed by atoms with Crippen LogP contribution in [0.3, 0.4) is 0 Å². The number of carbonyl (C=O) groups excluding carboxylic acids is 2. The highest BCUT2D eigenvalue weighted by Gasteiger charge is 2.16. The third-order valence-electron chi connectivity index (χ3n) is 4.30. The standard InChI is InChI=1S/C21H19NO6/c1-12-16-10-9-15(27-21(25)22(2)3)11-17(16)28-20(24)18(12)13-5-7-14(8-6-13)19(23)26-4/h5-11H,1-4H3. The maximum absolute atomic E-state index is 12.6. The number of benzene rings is 2. The summed E-state index contributed by atoms with van der Waals surface area (Å²) in [5.74, 6) is -0.169. The zero-order valence-corrected chi connectivity index (χ0v) is 15.9. The van der Waals surface area contributed by atoms with Gasteiger partial charge in [-0.25, -0.2) is 14.4 Å². The molecule has 0 saturated carbocycles. The van der Waals surface area contributed by atoms with Crippen molar-refractivity contribution in [2.75, 3.05) is 21.2 Å². The van der Waals surface area contributed by atoms with Gasteiger partial charge in [0.1, 0.15) is 11.3 Å². The van der Waals surface area contributed by atoms with Crippen molar-refractivity contribution in [1.82, 2.24) is 4.90 Å². The van der Waals surface area contributed by atoms with Crippen LogP contribution in [0.1, 0.15) is 15.9 Å². The third kappa shape index (κ3) is 3.59. The molecule has 1 amide bonds. The molecular weight excluding hydrogens is 362 g/mol. The lowest BCUT2D eigenvalue weighted by atomic mass is 9.98. The number of methoxy groups -OCH3 is 1. The molecule has 7 heteroatoms. The Balaban J connectivity index is 2.04. The molecule has 0 aliphatic heterocycles. The quantitative estimate of drug-likeness (QED) is 0.509. The molecule has 3 rings (SSSR count). The average molecular weight is 381 g/mol. The monoisotopic (exact) mass is 381 g/mol. The molecule has 0 spiro atoms. The summed E-state index contributed by atoms with van der Waals surface area (Å²) >= 11 is 0. The fourth-order valence-electron chi connectivity index (χ4n) is 2.82. The van der Waals surface area contributed by atoms with E-state index in [1.807, 2.05) is 6.92 Å². The Bertz CT molecular complexity index is 1110. The summed E-state index contributed by atoms with van der Waals surface area (Å²) < 4.78 is 15.3. The molecule has 0 aliphatic rings. The fraction of sp³-hybridized carbons (Fsp3) is 0.190. The molecule has 3 aromatic rings. The first kappa shape index (κ1) is 19.2. The lowest BCUT2D eigenvalue weighted by Crippen LogP contribution is -2.25. The Labute approximate surface area is 161 Å². The summed E-state index contributed by atoms with van der Waals surface area (Å²) in [7, 11) is 4.46. The second kappa shape index (κ2) is 7.56.